The predicted octanol–water partition coefficient (Wildman–Crippen LogP) is 5.11. The van der Waals surface area contributed by atoms with Crippen LogP contribution in [0.25, 0.3) is 0 Å². The molecule has 0 aliphatic heterocycles. The molecule has 4 amide bonds. The third kappa shape index (κ3) is 7.14. The van der Waals surface area contributed by atoms with Crippen molar-refractivity contribution in [1.82, 2.24) is 0 Å². The number of carbonyl (C=O) groups is 3. The van der Waals surface area contributed by atoms with Crippen LogP contribution in [-0.2, 0) is 4.74 Å². The highest BCUT2D eigenvalue weighted by atomic mass is 16.5. The maximum Gasteiger partial charge on any atom is 0.338 e. The van der Waals surface area contributed by atoms with Gasteiger partial charge in [-0.15, -0.1) is 12.8 Å². The Labute approximate surface area is 203 Å². The van der Waals surface area contributed by atoms with Gasteiger partial charge in [-0.3, -0.25) is 0 Å². The second-order valence-corrected chi connectivity index (χ2v) is 7.12. The molecule has 0 spiro atoms. The van der Waals surface area contributed by atoms with E-state index in [9.17, 15) is 14.4 Å². The standard InChI is InChI=1S/C27H22N4O4/c1-4-18-7-11-21(12-8-18)28-26(33)30-23-15-20(25(32)35-6-3)16-24(17-23)31-27(34)29-22-13-9-19(5-2)10-14-22/h1-2,7-17H,6H2,3H3,(H2,28,30,33)(H2,29,31,34). The minimum atomic E-state index is -0.602. The lowest BCUT2D eigenvalue weighted by Gasteiger charge is -2.13. The zero-order valence-electron chi connectivity index (χ0n) is 18.8. The van der Waals surface area contributed by atoms with Crippen molar-refractivity contribution in [3.8, 4) is 24.7 Å². The average molecular weight is 466 g/mol. The van der Waals surface area contributed by atoms with Gasteiger partial charge in [0.2, 0.25) is 0 Å². The van der Waals surface area contributed by atoms with Crippen molar-refractivity contribution in [2.75, 3.05) is 27.9 Å². The van der Waals surface area contributed by atoms with Gasteiger partial charge in [0.25, 0.3) is 0 Å². The Kier molecular flexibility index (Phi) is 8.09. The summed E-state index contributed by atoms with van der Waals surface area (Å²) in [6.45, 7) is 1.85. The van der Waals surface area contributed by atoms with Crippen LogP contribution in [0.2, 0.25) is 0 Å². The molecule has 0 radical (unpaired) electrons. The van der Waals surface area contributed by atoms with E-state index in [1.54, 1.807) is 55.5 Å². The van der Waals surface area contributed by atoms with Crippen molar-refractivity contribution in [1.29, 1.82) is 0 Å². The summed E-state index contributed by atoms with van der Waals surface area (Å²) in [5.41, 5.74) is 3.09. The quantitative estimate of drug-likeness (QED) is 0.299. The molecule has 3 rings (SSSR count). The molecule has 174 valence electrons. The van der Waals surface area contributed by atoms with Gasteiger partial charge in [0, 0.05) is 33.9 Å². The average Bonchev–Trinajstić information content (AvgIpc) is 2.85. The topological polar surface area (TPSA) is 109 Å². The molecule has 3 aromatic rings. The number of amides is 4. The Hall–Kier alpha value is -5.21. The lowest BCUT2D eigenvalue weighted by molar-refractivity contribution is 0.0526. The number of nitrogens with one attached hydrogen (secondary N) is 4. The summed E-state index contributed by atoms with van der Waals surface area (Å²) in [6.07, 6.45) is 10.7. The number of urea groups is 2. The van der Waals surface area contributed by atoms with Crippen LogP contribution in [0, 0.1) is 24.7 Å². The number of anilines is 4. The maximum absolute atomic E-state index is 12.5. The van der Waals surface area contributed by atoms with E-state index in [-0.39, 0.29) is 23.5 Å². The van der Waals surface area contributed by atoms with Gasteiger partial charge in [-0.05, 0) is 73.7 Å². The first-order chi connectivity index (χ1) is 16.9. The summed E-state index contributed by atoms with van der Waals surface area (Å²) in [6, 6.07) is 16.7. The molecule has 0 unspecified atom stereocenters. The SMILES string of the molecule is C#Cc1ccc(NC(=O)Nc2cc(NC(=O)Nc3ccc(C#C)cc3)cc(C(=O)OCC)c2)cc1. The maximum atomic E-state index is 12.5. The van der Waals surface area contributed by atoms with E-state index >= 15 is 0 Å². The number of esters is 1. The third-order valence-electron chi connectivity index (χ3n) is 4.58. The Balaban J connectivity index is 1.75. The van der Waals surface area contributed by atoms with Gasteiger partial charge in [-0.25, -0.2) is 14.4 Å². The fourth-order valence-electron chi connectivity index (χ4n) is 2.99. The van der Waals surface area contributed by atoms with Crippen molar-refractivity contribution >= 4 is 40.8 Å². The molecule has 0 aliphatic carbocycles. The molecule has 0 heterocycles. The van der Waals surface area contributed by atoms with Crippen LogP contribution in [0.4, 0.5) is 32.3 Å². The molecule has 0 bridgehead atoms. The molecule has 0 atom stereocenters. The molecule has 0 fully saturated rings. The molecular weight excluding hydrogens is 444 g/mol. The van der Waals surface area contributed by atoms with Crippen LogP contribution in [0.5, 0.6) is 0 Å². The van der Waals surface area contributed by atoms with Gasteiger partial charge >= 0.3 is 18.0 Å². The minimum absolute atomic E-state index is 0.150. The Bertz CT molecular complexity index is 1230. The summed E-state index contributed by atoms with van der Waals surface area (Å²) >= 11 is 0. The summed E-state index contributed by atoms with van der Waals surface area (Å²) in [5.74, 6) is 4.39. The number of hydrogen-bond acceptors (Lipinski definition) is 4. The predicted molar refractivity (Wildman–Crippen MR) is 136 cm³/mol. The Morgan fingerprint density at radius 2 is 1.09 bits per heavy atom. The lowest BCUT2D eigenvalue weighted by Crippen LogP contribution is -2.21. The van der Waals surface area contributed by atoms with Gasteiger partial charge in [0.1, 0.15) is 0 Å². The summed E-state index contributed by atoms with van der Waals surface area (Å²) < 4.78 is 5.05. The summed E-state index contributed by atoms with van der Waals surface area (Å²) in [7, 11) is 0. The lowest BCUT2D eigenvalue weighted by atomic mass is 10.1. The molecule has 35 heavy (non-hydrogen) atoms. The van der Waals surface area contributed by atoms with Gasteiger partial charge in [0.05, 0.1) is 12.2 Å². The first-order valence-electron chi connectivity index (χ1n) is 10.5. The number of benzene rings is 3. The van der Waals surface area contributed by atoms with Gasteiger partial charge < -0.3 is 26.0 Å². The first-order valence-corrected chi connectivity index (χ1v) is 10.5. The molecular formula is C27H22N4O4. The molecule has 0 aliphatic rings. The number of ether oxygens (including phenoxy) is 1. The van der Waals surface area contributed by atoms with E-state index in [0.29, 0.717) is 22.5 Å². The van der Waals surface area contributed by atoms with Crippen molar-refractivity contribution < 1.29 is 19.1 Å². The molecule has 0 saturated carbocycles. The molecule has 3 aromatic carbocycles. The van der Waals surface area contributed by atoms with Crippen LogP contribution in [0.1, 0.15) is 28.4 Å². The van der Waals surface area contributed by atoms with E-state index < -0.39 is 18.0 Å². The monoisotopic (exact) mass is 466 g/mol. The molecule has 0 saturated heterocycles. The van der Waals surface area contributed by atoms with Gasteiger partial charge in [-0.1, -0.05) is 11.8 Å². The zero-order valence-corrected chi connectivity index (χ0v) is 18.8. The van der Waals surface area contributed by atoms with Crippen molar-refractivity contribution in [2.45, 2.75) is 6.92 Å². The fraction of sp³-hybridized carbons (Fsp3) is 0.0741. The molecule has 8 heteroatoms. The number of carbonyl (C=O) groups excluding carboxylic acids is 3. The summed E-state index contributed by atoms with van der Waals surface area (Å²) in [4.78, 5) is 37.3. The minimum Gasteiger partial charge on any atom is -0.462 e. The zero-order chi connectivity index (χ0) is 25.2. The van der Waals surface area contributed by atoms with Crippen LogP contribution in [0.3, 0.4) is 0 Å². The Morgan fingerprint density at radius 1 is 0.686 bits per heavy atom. The highest BCUT2D eigenvalue weighted by molar-refractivity contribution is 6.04. The normalized spacial score (nSPS) is 9.69. The van der Waals surface area contributed by atoms with E-state index in [2.05, 4.69) is 33.1 Å². The second-order valence-electron chi connectivity index (χ2n) is 7.12. The fourth-order valence-corrected chi connectivity index (χ4v) is 2.99. The second kappa shape index (κ2) is 11.6. The van der Waals surface area contributed by atoms with E-state index in [4.69, 9.17) is 17.6 Å². The number of hydrogen-bond donors (Lipinski definition) is 4. The van der Waals surface area contributed by atoms with Crippen molar-refractivity contribution in [3.63, 3.8) is 0 Å². The van der Waals surface area contributed by atoms with Crippen LogP contribution in [0.15, 0.2) is 66.7 Å². The number of rotatable bonds is 6. The van der Waals surface area contributed by atoms with E-state index in [1.165, 1.54) is 18.2 Å². The van der Waals surface area contributed by atoms with E-state index in [0.717, 1.165) is 0 Å². The number of terminal acetylenes is 2. The summed E-state index contributed by atoms with van der Waals surface area (Å²) in [5, 5.41) is 10.6. The van der Waals surface area contributed by atoms with Crippen molar-refractivity contribution in [3.05, 3.63) is 83.4 Å². The van der Waals surface area contributed by atoms with Crippen LogP contribution < -0.4 is 21.3 Å². The van der Waals surface area contributed by atoms with Gasteiger partial charge in [0.15, 0.2) is 0 Å². The molecule has 8 nitrogen and oxygen atoms in total. The van der Waals surface area contributed by atoms with Crippen molar-refractivity contribution in [2.24, 2.45) is 0 Å². The third-order valence-corrected chi connectivity index (χ3v) is 4.58. The molecule has 0 aromatic heterocycles. The van der Waals surface area contributed by atoms with Crippen LogP contribution >= 0.6 is 0 Å². The highest BCUT2D eigenvalue weighted by Gasteiger charge is 2.13. The first kappa shape index (κ1) is 24.4. The smallest absolute Gasteiger partial charge is 0.338 e. The molecule has 4 N–H and O–H groups in total. The highest BCUT2D eigenvalue weighted by Crippen LogP contribution is 2.21. The van der Waals surface area contributed by atoms with Crippen LogP contribution in [-0.4, -0.2) is 24.6 Å². The van der Waals surface area contributed by atoms with E-state index in [1.807, 2.05) is 0 Å². The van der Waals surface area contributed by atoms with Gasteiger partial charge in [-0.2, -0.15) is 0 Å². The largest absolute Gasteiger partial charge is 0.462 e. The Morgan fingerprint density at radius 3 is 1.46 bits per heavy atom.